The number of nitrogens with zero attached hydrogens (tertiary/aromatic N) is 1. The topological polar surface area (TPSA) is 107 Å². The number of aliphatic carboxylic acids is 1. The summed E-state index contributed by atoms with van der Waals surface area (Å²) in [7, 11) is -3.91. The van der Waals surface area contributed by atoms with Gasteiger partial charge >= 0.3 is 5.97 Å². The number of rotatable bonds is 6. The fourth-order valence-electron chi connectivity index (χ4n) is 1.52. The Morgan fingerprint density at radius 2 is 2.10 bits per heavy atom. The van der Waals surface area contributed by atoms with Gasteiger partial charge in [0.1, 0.15) is 6.04 Å². The molecule has 0 aliphatic carbocycles. The maximum atomic E-state index is 11.9. The summed E-state index contributed by atoms with van der Waals surface area (Å²) in [5, 5.41) is 17.7. The molecule has 0 amide bonds. The van der Waals surface area contributed by atoms with Crippen molar-refractivity contribution >= 4 is 16.0 Å². The Morgan fingerprint density at radius 3 is 2.65 bits per heavy atom. The summed E-state index contributed by atoms with van der Waals surface area (Å²) >= 11 is 0. The highest BCUT2D eigenvalue weighted by Crippen LogP contribution is 2.11. The predicted octanol–water partition coefficient (Wildman–Crippen LogP) is 0.454. The molecular weight excluding hydrogens is 280 g/mol. The summed E-state index contributed by atoms with van der Waals surface area (Å²) in [5.41, 5.74) is 0.522. The van der Waals surface area contributed by atoms with Crippen molar-refractivity contribution in [2.24, 2.45) is 0 Å². The highest BCUT2D eigenvalue weighted by atomic mass is 32.2. The molecule has 1 aromatic carbocycles. The Kier molecular flexibility index (Phi) is 5.27. The van der Waals surface area contributed by atoms with Crippen molar-refractivity contribution in [3.05, 3.63) is 35.4 Å². The normalized spacial score (nSPS) is 12.1. The van der Waals surface area contributed by atoms with Crippen molar-refractivity contribution in [1.29, 1.82) is 5.26 Å². The van der Waals surface area contributed by atoms with Crippen LogP contribution < -0.4 is 4.72 Å². The van der Waals surface area contributed by atoms with Gasteiger partial charge in [0.25, 0.3) is 0 Å². The number of nitrogens with one attached hydrogen (secondary N) is 1. The molecule has 0 aliphatic rings. The lowest BCUT2D eigenvalue weighted by atomic mass is 10.1. The third-order valence-corrected chi connectivity index (χ3v) is 3.76. The lowest BCUT2D eigenvalue weighted by Crippen LogP contribution is -2.41. The number of hydrogen-bond donors (Lipinski definition) is 2. The number of hydrogen-bond acceptors (Lipinski definition) is 4. The minimum Gasteiger partial charge on any atom is -0.480 e. The second-order valence-corrected chi connectivity index (χ2v) is 5.70. The minimum absolute atomic E-state index is 0.224. The van der Waals surface area contributed by atoms with Gasteiger partial charge in [-0.25, -0.2) is 8.42 Å². The Labute approximate surface area is 117 Å². The predicted molar refractivity (Wildman–Crippen MR) is 71.8 cm³/mol. The molecule has 0 saturated carbocycles. The van der Waals surface area contributed by atoms with Crippen molar-refractivity contribution in [2.75, 3.05) is 0 Å². The summed E-state index contributed by atoms with van der Waals surface area (Å²) in [5.74, 6) is 0.270. The fraction of sp³-hybridized carbons (Fsp3) is 0.231. The van der Waals surface area contributed by atoms with E-state index in [9.17, 15) is 13.2 Å². The molecule has 2 N–H and O–H groups in total. The van der Waals surface area contributed by atoms with Crippen molar-refractivity contribution in [1.82, 2.24) is 4.72 Å². The first kappa shape index (κ1) is 15.7. The SMILES string of the molecule is C#CCC(NS(=O)(=O)Cc1ccccc1C#N)C(=O)O. The molecular formula is C13H12N2O4S. The number of carbonyl (C=O) groups is 1. The van der Waals surface area contributed by atoms with Crippen LogP contribution in [0.15, 0.2) is 24.3 Å². The van der Waals surface area contributed by atoms with Gasteiger partial charge < -0.3 is 5.11 Å². The zero-order valence-corrected chi connectivity index (χ0v) is 11.2. The molecule has 20 heavy (non-hydrogen) atoms. The first-order chi connectivity index (χ1) is 9.39. The van der Waals surface area contributed by atoms with Crippen molar-refractivity contribution < 1.29 is 18.3 Å². The smallest absolute Gasteiger partial charge is 0.322 e. The molecule has 1 aromatic rings. The maximum Gasteiger partial charge on any atom is 0.322 e. The summed E-state index contributed by atoms with van der Waals surface area (Å²) in [6.45, 7) is 0. The first-order valence-electron chi connectivity index (χ1n) is 5.54. The lowest BCUT2D eigenvalue weighted by molar-refractivity contribution is -0.138. The molecule has 0 fully saturated rings. The third-order valence-electron chi connectivity index (χ3n) is 2.43. The van der Waals surface area contributed by atoms with E-state index in [1.807, 2.05) is 10.8 Å². The Hall–Kier alpha value is -2.35. The van der Waals surface area contributed by atoms with E-state index >= 15 is 0 Å². The second kappa shape index (κ2) is 6.71. The van der Waals surface area contributed by atoms with Gasteiger partial charge in [0.05, 0.1) is 17.4 Å². The molecule has 7 heteroatoms. The van der Waals surface area contributed by atoms with Gasteiger partial charge in [-0.05, 0) is 11.6 Å². The maximum absolute atomic E-state index is 11.9. The molecule has 0 spiro atoms. The number of carboxylic acid groups (broad SMARTS) is 1. The number of carboxylic acids is 1. The van der Waals surface area contributed by atoms with Crippen LogP contribution in [0.1, 0.15) is 17.5 Å². The van der Waals surface area contributed by atoms with E-state index in [0.717, 1.165) is 0 Å². The van der Waals surface area contributed by atoms with Gasteiger partial charge in [-0.15, -0.1) is 12.3 Å². The average molecular weight is 292 g/mol. The molecule has 6 nitrogen and oxygen atoms in total. The van der Waals surface area contributed by atoms with Crippen molar-refractivity contribution in [3.63, 3.8) is 0 Å². The van der Waals surface area contributed by atoms with E-state index in [1.165, 1.54) is 12.1 Å². The van der Waals surface area contributed by atoms with Crippen LogP contribution in [0.2, 0.25) is 0 Å². The Bertz CT molecular complexity index is 683. The van der Waals surface area contributed by atoms with Gasteiger partial charge in [0, 0.05) is 6.42 Å². The van der Waals surface area contributed by atoms with E-state index in [2.05, 4.69) is 5.92 Å². The second-order valence-electron chi connectivity index (χ2n) is 3.94. The van der Waals surface area contributed by atoms with Gasteiger partial charge in [-0.1, -0.05) is 18.2 Å². The highest BCUT2D eigenvalue weighted by molar-refractivity contribution is 7.88. The van der Waals surface area contributed by atoms with Gasteiger partial charge in [-0.2, -0.15) is 9.98 Å². The fourth-order valence-corrected chi connectivity index (χ4v) is 2.88. The van der Waals surface area contributed by atoms with Crippen LogP contribution in [0.5, 0.6) is 0 Å². The number of nitriles is 1. The van der Waals surface area contributed by atoms with Crippen molar-refractivity contribution in [3.8, 4) is 18.4 Å². The summed E-state index contributed by atoms with van der Waals surface area (Å²) in [6, 6.07) is 6.70. The molecule has 0 heterocycles. The molecule has 0 aliphatic heterocycles. The zero-order valence-electron chi connectivity index (χ0n) is 10.4. The number of terminal acetylenes is 1. The van der Waals surface area contributed by atoms with E-state index in [-0.39, 0.29) is 12.0 Å². The molecule has 0 radical (unpaired) electrons. The van der Waals surface area contributed by atoms with Crippen LogP contribution >= 0.6 is 0 Å². The minimum atomic E-state index is -3.91. The molecule has 1 unspecified atom stereocenters. The average Bonchev–Trinajstić information content (AvgIpc) is 2.38. The van der Waals surface area contributed by atoms with Gasteiger partial charge in [0.15, 0.2) is 0 Å². The van der Waals surface area contributed by atoms with Crippen molar-refractivity contribution in [2.45, 2.75) is 18.2 Å². The van der Waals surface area contributed by atoms with Crippen LogP contribution in [0.25, 0.3) is 0 Å². The van der Waals surface area contributed by atoms with E-state index < -0.39 is 27.8 Å². The van der Waals surface area contributed by atoms with Crippen LogP contribution in [0, 0.1) is 23.7 Å². The van der Waals surface area contributed by atoms with Crippen LogP contribution in [-0.4, -0.2) is 25.5 Å². The van der Waals surface area contributed by atoms with Gasteiger partial charge in [-0.3, -0.25) is 4.79 Å². The Morgan fingerprint density at radius 1 is 1.45 bits per heavy atom. The first-order valence-corrected chi connectivity index (χ1v) is 7.19. The summed E-state index contributed by atoms with van der Waals surface area (Å²) < 4.78 is 25.8. The standard InChI is InChI=1S/C13H12N2O4S/c1-2-5-12(13(16)17)15-20(18,19)9-11-7-4-3-6-10(11)8-14/h1,3-4,6-7,12,15H,5,9H2,(H,16,17). The molecule has 0 aromatic heterocycles. The quantitative estimate of drug-likeness (QED) is 0.740. The van der Waals surface area contributed by atoms with E-state index in [0.29, 0.717) is 5.56 Å². The monoisotopic (exact) mass is 292 g/mol. The summed E-state index contributed by atoms with van der Waals surface area (Å²) in [6.07, 6.45) is 4.74. The van der Waals surface area contributed by atoms with E-state index in [1.54, 1.807) is 12.1 Å². The molecule has 1 atom stereocenters. The number of sulfonamides is 1. The molecule has 0 bridgehead atoms. The largest absolute Gasteiger partial charge is 0.480 e. The van der Waals surface area contributed by atoms with E-state index in [4.69, 9.17) is 16.8 Å². The van der Waals surface area contributed by atoms with Crippen LogP contribution in [-0.2, 0) is 20.6 Å². The van der Waals surface area contributed by atoms with Crippen LogP contribution in [0.4, 0.5) is 0 Å². The Balaban J connectivity index is 2.93. The highest BCUT2D eigenvalue weighted by Gasteiger charge is 2.24. The third kappa shape index (κ3) is 4.39. The molecule has 0 saturated heterocycles. The van der Waals surface area contributed by atoms with Crippen LogP contribution in [0.3, 0.4) is 0 Å². The molecule has 104 valence electrons. The summed E-state index contributed by atoms with van der Waals surface area (Å²) in [4.78, 5) is 10.9. The zero-order chi connectivity index (χ0) is 15.2. The lowest BCUT2D eigenvalue weighted by Gasteiger charge is -2.12. The van der Waals surface area contributed by atoms with Gasteiger partial charge in [0.2, 0.25) is 10.0 Å². The molecule has 1 rings (SSSR count). The number of benzene rings is 1.